The van der Waals surface area contributed by atoms with Gasteiger partial charge in [0.2, 0.25) is 0 Å². The van der Waals surface area contributed by atoms with Crippen molar-refractivity contribution >= 4 is 5.97 Å². The lowest BCUT2D eigenvalue weighted by atomic mass is 10.0. The quantitative estimate of drug-likeness (QED) is 0.772. The summed E-state index contributed by atoms with van der Waals surface area (Å²) in [4.78, 5) is 10.5. The number of aryl methyl sites for hydroxylation is 2. The van der Waals surface area contributed by atoms with Crippen molar-refractivity contribution in [1.82, 2.24) is 0 Å². The van der Waals surface area contributed by atoms with Gasteiger partial charge in [-0.2, -0.15) is 0 Å². The predicted octanol–water partition coefficient (Wildman–Crippen LogP) is 1.73. The van der Waals surface area contributed by atoms with Crippen LogP contribution in [0.2, 0.25) is 0 Å². The molecule has 0 spiro atoms. The van der Waals surface area contributed by atoms with E-state index in [0.717, 1.165) is 12.8 Å². The lowest BCUT2D eigenvalue weighted by Crippen LogP contribution is -2.29. The van der Waals surface area contributed by atoms with Gasteiger partial charge >= 0.3 is 5.97 Å². The monoisotopic (exact) mass is 207 g/mol. The standard InChI is InChI=1S/C12H17NO2/c1-9-5-7-10(8-6-9)3-2-4-11(13)12(14)15/h5-8,11H,2-4,13H2,1H3,(H,14,15)/t11-/m0/s1. The van der Waals surface area contributed by atoms with Crippen LogP contribution in [0.15, 0.2) is 24.3 Å². The van der Waals surface area contributed by atoms with E-state index in [4.69, 9.17) is 10.8 Å². The number of benzene rings is 1. The molecule has 0 saturated heterocycles. The number of rotatable bonds is 5. The molecule has 0 bridgehead atoms. The molecule has 1 atom stereocenters. The van der Waals surface area contributed by atoms with Gasteiger partial charge in [0.1, 0.15) is 6.04 Å². The minimum Gasteiger partial charge on any atom is -0.480 e. The summed E-state index contributed by atoms with van der Waals surface area (Å²) in [6.07, 6.45) is 2.24. The van der Waals surface area contributed by atoms with E-state index in [1.54, 1.807) is 0 Å². The van der Waals surface area contributed by atoms with Crippen molar-refractivity contribution in [3.05, 3.63) is 35.4 Å². The van der Waals surface area contributed by atoms with Gasteiger partial charge in [0.05, 0.1) is 0 Å². The van der Waals surface area contributed by atoms with E-state index in [9.17, 15) is 4.79 Å². The average Bonchev–Trinajstić information content (AvgIpc) is 2.20. The number of carboxylic acids is 1. The first kappa shape index (κ1) is 11.7. The summed E-state index contributed by atoms with van der Waals surface area (Å²) >= 11 is 0. The van der Waals surface area contributed by atoms with Crippen LogP contribution in [0.25, 0.3) is 0 Å². The molecule has 0 saturated carbocycles. The van der Waals surface area contributed by atoms with Gasteiger partial charge < -0.3 is 10.8 Å². The van der Waals surface area contributed by atoms with Crippen molar-refractivity contribution < 1.29 is 9.90 Å². The van der Waals surface area contributed by atoms with Crippen molar-refractivity contribution in [2.24, 2.45) is 5.73 Å². The van der Waals surface area contributed by atoms with E-state index >= 15 is 0 Å². The van der Waals surface area contributed by atoms with Crippen LogP contribution in [-0.2, 0) is 11.2 Å². The SMILES string of the molecule is Cc1ccc(CCC[C@H](N)C(=O)O)cc1. The minimum atomic E-state index is -0.918. The zero-order chi connectivity index (χ0) is 11.3. The van der Waals surface area contributed by atoms with Crippen LogP contribution in [-0.4, -0.2) is 17.1 Å². The molecule has 0 fully saturated rings. The molecule has 1 rings (SSSR count). The molecule has 3 N–H and O–H groups in total. The van der Waals surface area contributed by atoms with Crippen molar-refractivity contribution in [1.29, 1.82) is 0 Å². The number of aliphatic carboxylic acids is 1. The maximum absolute atomic E-state index is 10.5. The summed E-state index contributed by atoms with van der Waals surface area (Å²) in [5.74, 6) is -0.918. The Bertz CT molecular complexity index is 319. The first-order valence-corrected chi connectivity index (χ1v) is 5.13. The maximum atomic E-state index is 10.5. The summed E-state index contributed by atoms with van der Waals surface area (Å²) in [5, 5.41) is 8.59. The Labute approximate surface area is 89.9 Å². The van der Waals surface area contributed by atoms with Crippen LogP contribution in [0.4, 0.5) is 0 Å². The molecule has 1 aromatic carbocycles. The largest absolute Gasteiger partial charge is 0.480 e. The highest BCUT2D eigenvalue weighted by molar-refractivity contribution is 5.72. The van der Waals surface area contributed by atoms with Gasteiger partial charge in [-0.25, -0.2) is 0 Å². The van der Waals surface area contributed by atoms with Gasteiger partial charge in [-0.05, 0) is 31.7 Å². The normalized spacial score (nSPS) is 12.4. The summed E-state index contributed by atoms with van der Waals surface area (Å²) < 4.78 is 0. The molecule has 0 aliphatic heterocycles. The van der Waals surface area contributed by atoms with Crippen molar-refractivity contribution in [2.75, 3.05) is 0 Å². The van der Waals surface area contributed by atoms with E-state index in [-0.39, 0.29) is 0 Å². The molecule has 0 aliphatic rings. The van der Waals surface area contributed by atoms with Crippen LogP contribution < -0.4 is 5.73 Å². The van der Waals surface area contributed by atoms with Crippen LogP contribution in [0.5, 0.6) is 0 Å². The third kappa shape index (κ3) is 4.13. The zero-order valence-corrected chi connectivity index (χ0v) is 8.94. The third-order valence-corrected chi connectivity index (χ3v) is 2.42. The topological polar surface area (TPSA) is 63.3 Å². The summed E-state index contributed by atoms with van der Waals surface area (Å²) in [6.45, 7) is 2.05. The van der Waals surface area contributed by atoms with Crippen molar-refractivity contribution in [3.8, 4) is 0 Å². The molecular formula is C12H17NO2. The van der Waals surface area contributed by atoms with E-state index in [2.05, 4.69) is 24.3 Å². The molecule has 0 aliphatic carbocycles. The van der Waals surface area contributed by atoms with Crippen molar-refractivity contribution in [3.63, 3.8) is 0 Å². The van der Waals surface area contributed by atoms with E-state index in [0.29, 0.717) is 6.42 Å². The highest BCUT2D eigenvalue weighted by Gasteiger charge is 2.09. The Morgan fingerprint density at radius 1 is 1.40 bits per heavy atom. The fourth-order valence-electron chi connectivity index (χ4n) is 1.40. The van der Waals surface area contributed by atoms with E-state index in [1.165, 1.54) is 11.1 Å². The smallest absolute Gasteiger partial charge is 0.320 e. The molecule has 1 aromatic rings. The number of hydrogen-bond acceptors (Lipinski definition) is 2. The third-order valence-electron chi connectivity index (χ3n) is 2.42. The molecule has 3 nitrogen and oxygen atoms in total. The maximum Gasteiger partial charge on any atom is 0.320 e. The molecular weight excluding hydrogens is 190 g/mol. The molecule has 0 amide bonds. The van der Waals surface area contributed by atoms with E-state index in [1.807, 2.05) is 6.92 Å². The highest BCUT2D eigenvalue weighted by atomic mass is 16.4. The Kier molecular flexibility index (Phi) is 4.31. The summed E-state index contributed by atoms with van der Waals surface area (Å²) in [5.41, 5.74) is 7.88. The molecule has 3 heteroatoms. The fraction of sp³-hybridized carbons (Fsp3) is 0.417. The van der Waals surface area contributed by atoms with Gasteiger partial charge in [-0.15, -0.1) is 0 Å². The molecule has 82 valence electrons. The van der Waals surface area contributed by atoms with Crippen LogP contribution >= 0.6 is 0 Å². The molecule has 15 heavy (non-hydrogen) atoms. The number of hydrogen-bond donors (Lipinski definition) is 2. The van der Waals surface area contributed by atoms with Gasteiger partial charge in [0.15, 0.2) is 0 Å². The lowest BCUT2D eigenvalue weighted by Gasteiger charge is -2.06. The second kappa shape index (κ2) is 5.51. The van der Waals surface area contributed by atoms with E-state index < -0.39 is 12.0 Å². The molecule has 0 radical (unpaired) electrons. The van der Waals surface area contributed by atoms with Gasteiger partial charge in [-0.1, -0.05) is 29.8 Å². The number of nitrogens with two attached hydrogens (primary N) is 1. The Hall–Kier alpha value is -1.35. The fourth-order valence-corrected chi connectivity index (χ4v) is 1.40. The second-order valence-electron chi connectivity index (χ2n) is 3.82. The van der Waals surface area contributed by atoms with Gasteiger partial charge in [0.25, 0.3) is 0 Å². The lowest BCUT2D eigenvalue weighted by molar-refractivity contribution is -0.138. The average molecular weight is 207 g/mol. The Balaban J connectivity index is 2.32. The predicted molar refractivity (Wildman–Crippen MR) is 59.7 cm³/mol. The van der Waals surface area contributed by atoms with Crippen LogP contribution in [0.3, 0.4) is 0 Å². The molecule has 0 aromatic heterocycles. The first-order valence-electron chi connectivity index (χ1n) is 5.13. The molecule has 0 heterocycles. The number of carboxylic acid groups (broad SMARTS) is 1. The molecule has 0 unspecified atom stereocenters. The van der Waals surface area contributed by atoms with Crippen LogP contribution in [0.1, 0.15) is 24.0 Å². The zero-order valence-electron chi connectivity index (χ0n) is 8.94. The van der Waals surface area contributed by atoms with Crippen molar-refractivity contribution in [2.45, 2.75) is 32.2 Å². The number of carbonyl (C=O) groups is 1. The first-order chi connectivity index (χ1) is 7.09. The van der Waals surface area contributed by atoms with Gasteiger partial charge in [0, 0.05) is 0 Å². The Morgan fingerprint density at radius 2 is 2.00 bits per heavy atom. The van der Waals surface area contributed by atoms with Crippen LogP contribution in [0, 0.1) is 6.92 Å². The highest BCUT2D eigenvalue weighted by Crippen LogP contribution is 2.08. The summed E-state index contributed by atoms with van der Waals surface area (Å²) in [7, 11) is 0. The summed E-state index contributed by atoms with van der Waals surface area (Å²) in [6, 6.07) is 7.54. The Morgan fingerprint density at radius 3 is 2.53 bits per heavy atom. The van der Waals surface area contributed by atoms with Gasteiger partial charge in [-0.3, -0.25) is 4.79 Å². The minimum absolute atomic E-state index is 0.531. The second-order valence-corrected chi connectivity index (χ2v) is 3.82.